The third-order valence-corrected chi connectivity index (χ3v) is 2.76. The molecule has 0 radical (unpaired) electrons. The zero-order valence-electron chi connectivity index (χ0n) is 9.38. The molecule has 0 amide bonds. The Morgan fingerprint density at radius 3 is 2.39 bits per heavy atom. The summed E-state index contributed by atoms with van der Waals surface area (Å²) in [6.07, 6.45) is 3.35. The van der Waals surface area contributed by atoms with Gasteiger partial charge in [-0.2, -0.15) is 0 Å². The molecule has 0 unspecified atom stereocenters. The summed E-state index contributed by atoms with van der Waals surface area (Å²) < 4.78 is 5.70. The van der Waals surface area contributed by atoms with Gasteiger partial charge in [0.2, 0.25) is 5.89 Å². The predicted molar refractivity (Wildman–Crippen MR) is 70.2 cm³/mol. The van der Waals surface area contributed by atoms with E-state index in [9.17, 15) is 0 Å². The number of halogens is 1. The van der Waals surface area contributed by atoms with Crippen molar-refractivity contribution in [1.82, 2.24) is 9.97 Å². The van der Waals surface area contributed by atoms with Crippen molar-refractivity contribution in [2.24, 2.45) is 0 Å². The lowest BCUT2D eigenvalue weighted by molar-refractivity contribution is 0.588. The molecule has 0 saturated heterocycles. The Balaban J connectivity index is 1.97. The minimum Gasteiger partial charge on any atom is -0.436 e. The number of benzene rings is 1. The molecule has 4 heteroatoms. The number of hydrogen-bond acceptors (Lipinski definition) is 3. The molecule has 2 aromatic heterocycles. The van der Waals surface area contributed by atoms with E-state index < -0.39 is 0 Å². The molecule has 0 fully saturated rings. The first-order valence-electron chi connectivity index (χ1n) is 5.46. The van der Waals surface area contributed by atoms with Crippen LogP contribution in [0.5, 0.6) is 0 Å². The lowest BCUT2D eigenvalue weighted by Gasteiger charge is -1.96. The molecule has 88 valence electrons. The number of pyridine rings is 1. The number of aromatic nitrogens is 2. The first kappa shape index (κ1) is 11.0. The minimum absolute atomic E-state index is 0.452. The number of nitrogens with zero attached hydrogens (tertiary/aromatic N) is 2. The van der Waals surface area contributed by atoms with Gasteiger partial charge in [0.05, 0.1) is 11.8 Å². The van der Waals surface area contributed by atoms with Gasteiger partial charge in [-0.05, 0) is 12.1 Å². The summed E-state index contributed by atoms with van der Waals surface area (Å²) in [6.45, 7) is 0. The molecule has 0 N–H and O–H groups in total. The number of oxazole rings is 1. The van der Waals surface area contributed by atoms with Crippen LogP contribution < -0.4 is 0 Å². The molecule has 0 aliphatic heterocycles. The molecule has 3 aromatic rings. The highest BCUT2D eigenvalue weighted by Gasteiger charge is 2.08. The second-order valence-electron chi connectivity index (χ2n) is 3.77. The molecule has 0 spiro atoms. The zero-order valence-corrected chi connectivity index (χ0v) is 10.1. The van der Waals surface area contributed by atoms with Gasteiger partial charge in [-0.3, -0.25) is 0 Å². The summed E-state index contributed by atoms with van der Waals surface area (Å²) >= 11 is 5.74. The molecule has 0 atom stereocenters. The Bertz CT molecular complexity index is 647. The van der Waals surface area contributed by atoms with Gasteiger partial charge >= 0.3 is 0 Å². The van der Waals surface area contributed by atoms with E-state index in [1.165, 1.54) is 0 Å². The highest BCUT2D eigenvalue weighted by molar-refractivity contribution is 6.29. The predicted octanol–water partition coefficient (Wildman–Crippen LogP) is 4.06. The van der Waals surface area contributed by atoms with E-state index in [0.29, 0.717) is 11.0 Å². The number of rotatable bonds is 2. The summed E-state index contributed by atoms with van der Waals surface area (Å²) in [7, 11) is 0. The van der Waals surface area contributed by atoms with Crippen molar-refractivity contribution >= 4 is 11.6 Å². The Morgan fingerprint density at radius 2 is 1.67 bits per heavy atom. The topological polar surface area (TPSA) is 38.9 Å². The van der Waals surface area contributed by atoms with Crippen LogP contribution in [0.25, 0.3) is 22.8 Å². The second-order valence-corrected chi connectivity index (χ2v) is 4.15. The number of hydrogen-bond donors (Lipinski definition) is 0. The molecule has 1 aromatic carbocycles. The van der Waals surface area contributed by atoms with E-state index in [0.717, 1.165) is 16.9 Å². The SMILES string of the molecule is Clc1ccc(-c2ncc(-c3ccccc3)o2)cn1. The van der Waals surface area contributed by atoms with E-state index in [2.05, 4.69) is 9.97 Å². The first-order valence-corrected chi connectivity index (χ1v) is 5.84. The Kier molecular flexibility index (Phi) is 2.82. The molecule has 2 heterocycles. The van der Waals surface area contributed by atoms with Crippen LogP contribution in [0.1, 0.15) is 0 Å². The van der Waals surface area contributed by atoms with Gasteiger partial charge in [0, 0.05) is 11.8 Å². The lowest BCUT2D eigenvalue weighted by atomic mass is 10.2. The first-order chi connectivity index (χ1) is 8.83. The van der Waals surface area contributed by atoms with Crippen molar-refractivity contribution in [2.45, 2.75) is 0 Å². The average molecular weight is 257 g/mol. The van der Waals surface area contributed by atoms with Crippen LogP contribution in [-0.2, 0) is 0 Å². The monoisotopic (exact) mass is 256 g/mol. The zero-order chi connectivity index (χ0) is 12.4. The highest BCUT2D eigenvalue weighted by atomic mass is 35.5. The van der Waals surface area contributed by atoms with Gasteiger partial charge in [-0.25, -0.2) is 9.97 Å². The molecule has 0 saturated carbocycles. The van der Waals surface area contributed by atoms with Gasteiger partial charge in [0.15, 0.2) is 5.76 Å². The van der Waals surface area contributed by atoms with Gasteiger partial charge in [0.1, 0.15) is 5.15 Å². The molecule has 0 bridgehead atoms. The van der Waals surface area contributed by atoms with Crippen molar-refractivity contribution in [2.75, 3.05) is 0 Å². The summed E-state index contributed by atoms with van der Waals surface area (Å²) in [5.41, 5.74) is 1.81. The molecule has 3 rings (SSSR count). The van der Waals surface area contributed by atoms with Crippen molar-refractivity contribution < 1.29 is 4.42 Å². The van der Waals surface area contributed by atoms with Crippen molar-refractivity contribution in [1.29, 1.82) is 0 Å². The maximum absolute atomic E-state index is 5.74. The molecule has 0 aliphatic carbocycles. The molecular weight excluding hydrogens is 248 g/mol. The largest absolute Gasteiger partial charge is 0.436 e. The second kappa shape index (κ2) is 4.63. The fraction of sp³-hybridized carbons (Fsp3) is 0. The van der Waals surface area contributed by atoms with Crippen LogP contribution in [0.2, 0.25) is 5.15 Å². The lowest BCUT2D eigenvalue weighted by Crippen LogP contribution is -1.79. The molecule has 0 aliphatic rings. The van der Waals surface area contributed by atoms with Gasteiger partial charge < -0.3 is 4.42 Å². The van der Waals surface area contributed by atoms with Gasteiger partial charge in [-0.15, -0.1) is 0 Å². The van der Waals surface area contributed by atoms with E-state index in [1.807, 2.05) is 36.4 Å². The normalized spacial score (nSPS) is 10.5. The van der Waals surface area contributed by atoms with Crippen LogP contribution in [0.4, 0.5) is 0 Å². The van der Waals surface area contributed by atoms with Crippen LogP contribution >= 0.6 is 11.6 Å². The molecule has 18 heavy (non-hydrogen) atoms. The maximum atomic E-state index is 5.74. The fourth-order valence-electron chi connectivity index (χ4n) is 1.65. The van der Waals surface area contributed by atoms with Crippen molar-refractivity contribution in [3.63, 3.8) is 0 Å². The highest BCUT2D eigenvalue weighted by Crippen LogP contribution is 2.25. The summed E-state index contributed by atoms with van der Waals surface area (Å²) in [5.74, 6) is 1.28. The molecule has 3 nitrogen and oxygen atoms in total. The van der Waals surface area contributed by atoms with Crippen LogP contribution in [-0.4, -0.2) is 9.97 Å². The van der Waals surface area contributed by atoms with Crippen LogP contribution in [0.3, 0.4) is 0 Å². The average Bonchev–Trinajstić information content (AvgIpc) is 2.90. The maximum Gasteiger partial charge on any atom is 0.228 e. The molecular formula is C14H9ClN2O. The van der Waals surface area contributed by atoms with Gasteiger partial charge in [-0.1, -0.05) is 41.9 Å². The van der Waals surface area contributed by atoms with E-state index in [4.69, 9.17) is 16.0 Å². The van der Waals surface area contributed by atoms with Crippen LogP contribution in [0, 0.1) is 0 Å². The Labute approximate surface area is 109 Å². The minimum atomic E-state index is 0.452. The smallest absolute Gasteiger partial charge is 0.228 e. The van der Waals surface area contributed by atoms with Crippen molar-refractivity contribution in [3.8, 4) is 22.8 Å². The third kappa shape index (κ3) is 2.13. The quantitative estimate of drug-likeness (QED) is 0.649. The van der Waals surface area contributed by atoms with E-state index in [-0.39, 0.29) is 0 Å². The Morgan fingerprint density at radius 1 is 0.833 bits per heavy atom. The van der Waals surface area contributed by atoms with Gasteiger partial charge in [0.25, 0.3) is 0 Å². The van der Waals surface area contributed by atoms with E-state index >= 15 is 0 Å². The van der Waals surface area contributed by atoms with Crippen molar-refractivity contribution in [3.05, 3.63) is 60.0 Å². The Hall–Kier alpha value is -2.13. The standard InChI is InChI=1S/C14H9ClN2O/c15-13-7-6-11(8-16-13)14-17-9-12(18-14)10-4-2-1-3-5-10/h1-9H. The summed E-state index contributed by atoms with van der Waals surface area (Å²) in [4.78, 5) is 8.25. The van der Waals surface area contributed by atoms with E-state index in [1.54, 1.807) is 18.5 Å². The summed E-state index contributed by atoms with van der Waals surface area (Å²) in [5, 5.41) is 0.452. The third-order valence-electron chi connectivity index (χ3n) is 2.54. The fourth-order valence-corrected chi connectivity index (χ4v) is 1.76. The summed E-state index contributed by atoms with van der Waals surface area (Å²) in [6, 6.07) is 13.4. The van der Waals surface area contributed by atoms with Crippen LogP contribution in [0.15, 0.2) is 59.3 Å².